The maximum Gasteiger partial charge on any atom is 0.342 e. The third kappa shape index (κ3) is 7.92. The molecule has 10 atom stereocenters. The topological polar surface area (TPSA) is 231 Å². The van der Waals surface area contributed by atoms with Crippen molar-refractivity contribution in [2.45, 2.75) is 68.0 Å². The van der Waals surface area contributed by atoms with Gasteiger partial charge in [-0.3, -0.25) is 0 Å². The maximum absolute atomic E-state index is 13.2. The molecule has 48 heavy (non-hydrogen) atoms. The molecule has 7 N–H and O–H groups in total. The number of ether oxygens (including phenoxy) is 6. The van der Waals surface area contributed by atoms with E-state index < -0.39 is 86.6 Å². The number of para-hydroxylation sites is 2. The first-order valence-corrected chi connectivity index (χ1v) is 15.0. The van der Waals surface area contributed by atoms with Gasteiger partial charge in [0.25, 0.3) is 0 Å². The number of aliphatic hydroxyl groups is 7. The number of hydrogen-bond donors (Lipinski definition) is 7. The zero-order chi connectivity index (χ0) is 34.4. The van der Waals surface area contributed by atoms with Crippen LogP contribution in [0.3, 0.4) is 0 Å². The summed E-state index contributed by atoms with van der Waals surface area (Å²) >= 11 is 0. The van der Waals surface area contributed by atoms with Crippen LogP contribution in [0.2, 0.25) is 0 Å². The van der Waals surface area contributed by atoms with Crippen LogP contribution in [0.4, 0.5) is 0 Å². The number of rotatable bonds is 11. The van der Waals surface area contributed by atoms with Crippen molar-refractivity contribution in [3.8, 4) is 11.5 Å². The van der Waals surface area contributed by atoms with E-state index in [0.29, 0.717) is 5.56 Å². The number of aliphatic hydroxyl groups excluding tert-OH is 7. The summed E-state index contributed by atoms with van der Waals surface area (Å²) in [5.41, 5.74) is 0.497. The minimum absolute atomic E-state index is 0.0895. The van der Waals surface area contributed by atoms with E-state index in [1.807, 2.05) is 0 Å². The fraction of sp³-hybridized carbons (Fsp3) is 0.394. The largest absolute Gasteiger partial charge is 0.462 e. The average molecular weight is 673 g/mol. The number of benzene rings is 3. The fourth-order valence-electron chi connectivity index (χ4n) is 5.08. The Morgan fingerprint density at radius 1 is 0.583 bits per heavy atom. The van der Waals surface area contributed by atoms with Crippen molar-refractivity contribution in [3.05, 3.63) is 95.6 Å². The second kappa shape index (κ2) is 15.8. The normalized spacial score (nSPS) is 30.2. The van der Waals surface area contributed by atoms with Crippen LogP contribution in [-0.2, 0) is 25.6 Å². The Morgan fingerprint density at radius 3 is 1.79 bits per heavy atom. The highest BCUT2D eigenvalue weighted by Gasteiger charge is 2.46. The predicted octanol–water partition coefficient (Wildman–Crippen LogP) is -0.734. The highest BCUT2D eigenvalue weighted by atomic mass is 16.7. The Morgan fingerprint density at radius 2 is 1.12 bits per heavy atom. The van der Waals surface area contributed by atoms with E-state index in [0.717, 1.165) is 0 Å². The number of carbonyl (C=O) groups excluding carboxylic acids is 2. The molecule has 2 saturated heterocycles. The van der Waals surface area contributed by atoms with E-state index >= 15 is 0 Å². The lowest BCUT2D eigenvalue weighted by molar-refractivity contribution is -0.277. The van der Waals surface area contributed by atoms with E-state index in [1.54, 1.807) is 36.4 Å². The van der Waals surface area contributed by atoms with Crippen LogP contribution >= 0.6 is 0 Å². The molecule has 0 radical (unpaired) electrons. The minimum atomic E-state index is -1.75. The van der Waals surface area contributed by atoms with Gasteiger partial charge < -0.3 is 64.2 Å². The summed E-state index contributed by atoms with van der Waals surface area (Å²) in [5, 5.41) is 71.5. The van der Waals surface area contributed by atoms with Crippen LogP contribution in [0.25, 0.3) is 0 Å². The second-order valence-corrected chi connectivity index (χ2v) is 11.1. The quantitative estimate of drug-likeness (QED) is 0.124. The van der Waals surface area contributed by atoms with E-state index in [9.17, 15) is 45.3 Å². The molecule has 5 rings (SSSR count). The number of hydrogen-bond acceptors (Lipinski definition) is 15. The van der Waals surface area contributed by atoms with Crippen molar-refractivity contribution in [2.24, 2.45) is 0 Å². The lowest BCUT2D eigenvalue weighted by Gasteiger charge is -2.40. The van der Waals surface area contributed by atoms with Gasteiger partial charge in [0.15, 0.2) is 0 Å². The predicted molar refractivity (Wildman–Crippen MR) is 160 cm³/mol. The first kappa shape index (κ1) is 35.2. The van der Waals surface area contributed by atoms with Crippen molar-refractivity contribution in [1.29, 1.82) is 0 Å². The molecule has 2 aliphatic heterocycles. The molecule has 3 aromatic rings. The first-order chi connectivity index (χ1) is 23.1. The Labute approximate surface area is 274 Å². The van der Waals surface area contributed by atoms with Crippen LogP contribution in [-0.4, -0.2) is 122 Å². The third-order valence-corrected chi connectivity index (χ3v) is 7.83. The monoisotopic (exact) mass is 672 g/mol. The summed E-state index contributed by atoms with van der Waals surface area (Å²) in [6.07, 6.45) is -15.5. The molecule has 0 bridgehead atoms. The second-order valence-electron chi connectivity index (χ2n) is 11.1. The molecular formula is C33H36O15. The van der Waals surface area contributed by atoms with Crippen LogP contribution < -0.4 is 9.47 Å². The molecule has 2 aliphatic rings. The van der Waals surface area contributed by atoms with Gasteiger partial charge in [-0.25, -0.2) is 9.59 Å². The first-order valence-electron chi connectivity index (χ1n) is 15.0. The molecule has 15 heteroatoms. The van der Waals surface area contributed by atoms with Crippen LogP contribution in [0.5, 0.6) is 11.5 Å². The smallest absolute Gasteiger partial charge is 0.342 e. The Hall–Kier alpha value is -4.16. The molecule has 0 aromatic heterocycles. The van der Waals surface area contributed by atoms with Gasteiger partial charge in [-0.05, 0) is 30.3 Å². The van der Waals surface area contributed by atoms with E-state index in [4.69, 9.17) is 28.4 Å². The molecule has 0 unspecified atom stereocenters. The molecule has 0 saturated carbocycles. The van der Waals surface area contributed by atoms with E-state index in [1.165, 1.54) is 42.5 Å². The Kier molecular flexibility index (Phi) is 11.6. The Bertz CT molecular complexity index is 1520. The average Bonchev–Trinajstić information content (AvgIpc) is 3.11. The maximum atomic E-state index is 13.2. The van der Waals surface area contributed by atoms with Crippen molar-refractivity contribution in [3.63, 3.8) is 0 Å². The standard InChI is InChI=1S/C33H36O15/c34-14-22-24(35)26(37)28(39)32(47-22)45-20-12-6-4-10-18(20)15-43-31(42)19-11-5-7-13-21(19)46-33-29(40)27(38)25(36)23(48-33)16-44-30(41)17-8-2-1-3-9-17/h1-13,22-29,32-40H,14-16H2/t22-,23+,24-,25+,26+,27-,28-,29+,32-,33+/m0/s1. The summed E-state index contributed by atoms with van der Waals surface area (Å²) in [4.78, 5) is 25.6. The highest BCUT2D eigenvalue weighted by molar-refractivity contribution is 5.92. The van der Waals surface area contributed by atoms with Gasteiger partial charge in [0.05, 0.1) is 12.2 Å². The molecule has 0 amide bonds. The van der Waals surface area contributed by atoms with Gasteiger partial charge in [0, 0.05) is 5.56 Å². The van der Waals surface area contributed by atoms with E-state index in [-0.39, 0.29) is 29.2 Å². The summed E-state index contributed by atoms with van der Waals surface area (Å²) < 4.78 is 33.3. The van der Waals surface area contributed by atoms with Crippen molar-refractivity contribution in [2.75, 3.05) is 13.2 Å². The summed E-state index contributed by atoms with van der Waals surface area (Å²) in [5.74, 6) is -1.55. The molecule has 258 valence electrons. The SMILES string of the molecule is O=C(OC[C@H]1O[C@@H](Oc2ccccc2C(=O)OCc2ccccc2O[C@H]2O[C@@H](CO)[C@H](O)[C@@H](O)[C@@H]2O)[C@H](O)[C@@H](O)[C@@H]1O)c1ccccc1. The third-order valence-electron chi connectivity index (χ3n) is 7.83. The highest BCUT2D eigenvalue weighted by Crippen LogP contribution is 2.30. The fourth-order valence-corrected chi connectivity index (χ4v) is 5.08. The van der Waals surface area contributed by atoms with Crippen LogP contribution in [0.1, 0.15) is 26.3 Å². The zero-order valence-corrected chi connectivity index (χ0v) is 25.3. The molecule has 2 heterocycles. The molecule has 0 spiro atoms. The molecule has 2 fully saturated rings. The van der Waals surface area contributed by atoms with Gasteiger partial charge in [-0.15, -0.1) is 0 Å². The summed E-state index contributed by atoms with van der Waals surface area (Å²) in [6.45, 7) is -1.47. The van der Waals surface area contributed by atoms with Gasteiger partial charge in [0.2, 0.25) is 12.6 Å². The lowest BCUT2D eigenvalue weighted by atomic mass is 9.99. The zero-order valence-electron chi connectivity index (χ0n) is 25.3. The van der Waals surface area contributed by atoms with Crippen molar-refractivity contribution < 1.29 is 73.8 Å². The number of esters is 2. The minimum Gasteiger partial charge on any atom is -0.462 e. The Balaban J connectivity index is 1.23. The summed E-state index contributed by atoms with van der Waals surface area (Å²) in [7, 11) is 0. The van der Waals surface area contributed by atoms with Crippen molar-refractivity contribution >= 4 is 11.9 Å². The lowest BCUT2D eigenvalue weighted by Crippen LogP contribution is -2.60. The van der Waals surface area contributed by atoms with Crippen molar-refractivity contribution in [1.82, 2.24) is 0 Å². The van der Waals surface area contributed by atoms with Gasteiger partial charge in [0.1, 0.15) is 79.1 Å². The van der Waals surface area contributed by atoms with Gasteiger partial charge in [-0.2, -0.15) is 0 Å². The molecule has 3 aromatic carbocycles. The van der Waals surface area contributed by atoms with Crippen LogP contribution in [0, 0.1) is 0 Å². The molecule has 15 nitrogen and oxygen atoms in total. The molecular weight excluding hydrogens is 636 g/mol. The van der Waals surface area contributed by atoms with Crippen LogP contribution in [0.15, 0.2) is 78.9 Å². The molecule has 0 aliphatic carbocycles. The van der Waals surface area contributed by atoms with E-state index in [2.05, 4.69) is 0 Å². The summed E-state index contributed by atoms with van der Waals surface area (Å²) in [6, 6.07) is 20.2. The number of carbonyl (C=O) groups is 2. The van der Waals surface area contributed by atoms with Gasteiger partial charge in [-0.1, -0.05) is 48.5 Å². The van der Waals surface area contributed by atoms with Gasteiger partial charge >= 0.3 is 11.9 Å².